The third-order valence-electron chi connectivity index (χ3n) is 3.33. The minimum absolute atomic E-state index is 0.132. The Morgan fingerprint density at radius 2 is 1.60 bits per heavy atom. The molecule has 0 saturated carbocycles. The predicted molar refractivity (Wildman–Crippen MR) is 82.9 cm³/mol. The molecule has 0 saturated heterocycles. The summed E-state index contributed by atoms with van der Waals surface area (Å²) in [6, 6.07) is 19.2. The van der Waals surface area contributed by atoms with Gasteiger partial charge in [0.1, 0.15) is 0 Å². The van der Waals surface area contributed by atoms with Gasteiger partial charge in [-0.05, 0) is 18.5 Å². The van der Waals surface area contributed by atoms with Crippen molar-refractivity contribution in [3.8, 4) is 0 Å². The topological polar surface area (TPSA) is 29.1 Å². The van der Waals surface area contributed by atoms with Gasteiger partial charge in [0.2, 0.25) is 0 Å². The maximum Gasteiger partial charge on any atom is 0.184 e. The quantitative estimate of drug-likeness (QED) is 0.607. The van der Waals surface area contributed by atoms with Crippen LogP contribution in [-0.4, -0.2) is 12.3 Å². The van der Waals surface area contributed by atoms with Crippen LogP contribution < -0.4 is 5.32 Å². The van der Waals surface area contributed by atoms with E-state index in [0.29, 0.717) is 0 Å². The molecule has 0 aromatic heterocycles. The average molecular weight is 267 g/mol. The minimum Gasteiger partial charge on any atom is -0.303 e. The summed E-state index contributed by atoms with van der Waals surface area (Å²) < 4.78 is 0. The van der Waals surface area contributed by atoms with Gasteiger partial charge in [0.05, 0.1) is 6.04 Å². The van der Waals surface area contributed by atoms with Crippen molar-refractivity contribution in [3.63, 3.8) is 0 Å². The second-order valence-corrected chi connectivity index (χ2v) is 4.88. The molecule has 2 nitrogen and oxygen atoms in total. The number of benzene rings is 2. The maximum atomic E-state index is 12.7. The Bertz CT molecular complexity index is 522. The van der Waals surface area contributed by atoms with E-state index in [1.807, 2.05) is 60.7 Å². The molecule has 1 atom stereocenters. The van der Waals surface area contributed by atoms with E-state index in [-0.39, 0.29) is 11.8 Å². The molecule has 2 aromatic carbocycles. The van der Waals surface area contributed by atoms with Crippen LogP contribution >= 0.6 is 0 Å². The van der Waals surface area contributed by atoms with Gasteiger partial charge in [-0.1, -0.05) is 74.0 Å². The SMILES string of the molecule is CCCCN[C@H](C(=O)c1ccccc1)c1ccccc1. The number of unbranched alkanes of at least 4 members (excludes halogenated alkanes) is 1. The molecule has 0 aliphatic heterocycles. The standard InChI is InChI=1S/C18H21NO/c1-2-3-14-19-17(15-10-6-4-7-11-15)18(20)16-12-8-5-9-13-16/h4-13,17,19H,2-3,14H2,1H3/t17-/m0/s1. The Morgan fingerprint density at radius 3 is 2.20 bits per heavy atom. The van der Waals surface area contributed by atoms with Crippen molar-refractivity contribution >= 4 is 5.78 Å². The first-order chi connectivity index (χ1) is 9.83. The number of Topliss-reactive ketones (excluding diaryl/α,β-unsaturated/α-hetero) is 1. The van der Waals surface area contributed by atoms with E-state index < -0.39 is 0 Å². The van der Waals surface area contributed by atoms with Gasteiger partial charge in [0.15, 0.2) is 5.78 Å². The van der Waals surface area contributed by atoms with Gasteiger partial charge in [-0.3, -0.25) is 4.79 Å². The number of ketones is 1. The molecule has 0 spiro atoms. The number of carbonyl (C=O) groups excluding carboxylic acids is 1. The molecule has 0 unspecified atom stereocenters. The lowest BCUT2D eigenvalue weighted by atomic mass is 9.97. The first-order valence-corrected chi connectivity index (χ1v) is 7.20. The van der Waals surface area contributed by atoms with Crippen LogP contribution in [0.25, 0.3) is 0 Å². The molecule has 20 heavy (non-hydrogen) atoms. The number of rotatable bonds is 7. The smallest absolute Gasteiger partial charge is 0.184 e. The average Bonchev–Trinajstić information content (AvgIpc) is 2.53. The van der Waals surface area contributed by atoms with Crippen LogP contribution in [-0.2, 0) is 0 Å². The van der Waals surface area contributed by atoms with E-state index in [1.165, 1.54) is 0 Å². The second-order valence-electron chi connectivity index (χ2n) is 4.88. The summed E-state index contributed by atoms with van der Waals surface area (Å²) in [4.78, 5) is 12.7. The van der Waals surface area contributed by atoms with Crippen molar-refractivity contribution in [3.05, 3.63) is 71.8 Å². The summed E-state index contributed by atoms with van der Waals surface area (Å²) in [5.74, 6) is 0.132. The molecule has 2 rings (SSSR count). The Morgan fingerprint density at radius 1 is 1.00 bits per heavy atom. The van der Waals surface area contributed by atoms with E-state index in [4.69, 9.17) is 0 Å². The Labute approximate surface area is 120 Å². The van der Waals surface area contributed by atoms with Crippen molar-refractivity contribution in [2.75, 3.05) is 6.54 Å². The van der Waals surface area contributed by atoms with Crippen LogP contribution in [0.2, 0.25) is 0 Å². The maximum absolute atomic E-state index is 12.7. The van der Waals surface area contributed by atoms with E-state index in [0.717, 1.165) is 30.5 Å². The van der Waals surface area contributed by atoms with Crippen molar-refractivity contribution in [1.82, 2.24) is 5.32 Å². The molecule has 104 valence electrons. The summed E-state index contributed by atoms with van der Waals surface area (Å²) in [5, 5.41) is 3.39. The zero-order valence-corrected chi connectivity index (χ0v) is 11.9. The van der Waals surface area contributed by atoms with Gasteiger partial charge >= 0.3 is 0 Å². The third kappa shape index (κ3) is 3.78. The summed E-state index contributed by atoms with van der Waals surface area (Å²) in [6.45, 7) is 3.01. The molecule has 1 N–H and O–H groups in total. The van der Waals surface area contributed by atoms with E-state index in [2.05, 4.69) is 12.2 Å². The molecule has 0 radical (unpaired) electrons. The van der Waals surface area contributed by atoms with Gasteiger partial charge < -0.3 is 5.32 Å². The summed E-state index contributed by atoms with van der Waals surface area (Å²) in [5.41, 5.74) is 1.78. The Balaban J connectivity index is 2.20. The van der Waals surface area contributed by atoms with Gasteiger partial charge in [0, 0.05) is 5.56 Å². The zero-order valence-electron chi connectivity index (χ0n) is 11.9. The summed E-state index contributed by atoms with van der Waals surface area (Å²) in [6.07, 6.45) is 2.19. The molecule has 2 aromatic rings. The molecule has 0 bridgehead atoms. The fourth-order valence-corrected chi connectivity index (χ4v) is 2.20. The van der Waals surface area contributed by atoms with E-state index in [9.17, 15) is 4.79 Å². The van der Waals surface area contributed by atoms with Crippen molar-refractivity contribution in [2.45, 2.75) is 25.8 Å². The molecule has 0 amide bonds. The first kappa shape index (κ1) is 14.5. The Hall–Kier alpha value is -1.93. The molecule has 2 heteroatoms. The van der Waals surface area contributed by atoms with Gasteiger partial charge in [-0.2, -0.15) is 0 Å². The molecule has 0 aliphatic carbocycles. The first-order valence-electron chi connectivity index (χ1n) is 7.20. The van der Waals surface area contributed by atoms with Gasteiger partial charge in [-0.25, -0.2) is 0 Å². The molecular formula is C18H21NO. The third-order valence-corrected chi connectivity index (χ3v) is 3.33. The fourth-order valence-electron chi connectivity index (χ4n) is 2.20. The molecule has 0 fully saturated rings. The lowest BCUT2D eigenvalue weighted by molar-refractivity contribution is 0.0943. The highest BCUT2D eigenvalue weighted by atomic mass is 16.1. The summed E-state index contributed by atoms with van der Waals surface area (Å²) in [7, 11) is 0. The largest absolute Gasteiger partial charge is 0.303 e. The van der Waals surface area contributed by atoms with Crippen LogP contribution in [0.4, 0.5) is 0 Å². The molecular weight excluding hydrogens is 246 g/mol. The van der Waals surface area contributed by atoms with Crippen LogP contribution in [0.3, 0.4) is 0 Å². The van der Waals surface area contributed by atoms with Crippen molar-refractivity contribution in [1.29, 1.82) is 0 Å². The number of nitrogens with one attached hydrogen (secondary N) is 1. The Kier molecular flexibility index (Phi) is 5.51. The zero-order chi connectivity index (χ0) is 14.2. The number of carbonyl (C=O) groups is 1. The van der Waals surface area contributed by atoms with Crippen LogP contribution in [0, 0.1) is 0 Å². The highest BCUT2D eigenvalue weighted by molar-refractivity contribution is 6.00. The van der Waals surface area contributed by atoms with Crippen molar-refractivity contribution < 1.29 is 4.79 Å². The lowest BCUT2D eigenvalue weighted by Gasteiger charge is -2.18. The van der Waals surface area contributed by atoms with E-state index >= 15 is 0 Å². The lowest BCUT2D eigenvalue weighted by Crippen LogP contribution is -2.29. The number of hydrogen-bond acceptors (Lipinski definition) is 2. The highest BCUT2D eigenvalue weighted by Gasteiger charge is 2.20. The number of hydrogen-bond donors (Lipinski definition) is 1. The summed E-state index contributed by atoms with van der Waals surface area (Å²) >= 11 is 0. The highest BCUT2D eigenvalue weighted by Crippen LogP contribution is 2.18. The van der Waals surface area contributed by atoms with Crippen LogP contribution in [0.5, 0.6) is 0 Å². The molecule has 0 aliphatic rings. The molecule has 0 heterocycles. The fraction of sp³-hybridized carbons (Fsp3) is 0.278. The predicted octanol–water partition coefficient (Wildman–Crippen LogP) is 4.00. The van der Waals surface area contributed by atoms with Gasteiger partial charge in [0.25, 0.3) is 0 Å². The van der Waals surface area contributed by atoms with Crippen LogP contribution in [0.15, 0.2) is 60.7 Å². The van der Waals surface area contributed by atoms with Crippen LogP contribution in [0.1, 0.15) is 41.7 Å². The van der Waals surface area contributed by atoms with Crippen molar-refractivity contribution in [2.24, 2.45) is 0 Å². The normalized spacial score (nSPS) is 12.1. The monoisotopic (exact) mass is 267 g/mol. The van der Waals surface area contributed by atoms with E-state index in [1.54, 1.807) is 0 Å². The second kappa shape index (κ2) is 7.61. The van der Waals surface area contributed by atoms with Gasteiger partial charge in [-0.15, -0.1) is 0 Å². The minimum atomic E-state index is -0.259.